The highest BCUT2D eigenvalue weighted by Gasteiger charge is 2.32. The van der Waals surface area contributed by atoms with Gasteiger partial charge in [-0.2, -0.15) is 5.10 Å². The number of hydrogen-bond acceptors (Lipinski definition) is 6. The van der Waals surface area contributed by atoms with Crippen molar-refractivity contribution in [2.75, 3.05) is 20.6 Å². The monoisotopic (exact) mass is 526 g/mol. The first-order valence-electron chi connectivity index (χ1n) is 11.2. The summed E-state index contributed by atoms with van der Waals surface area (Å²) in [5.74, 6) is -0.0979. The zero-order valence-corrected chi connectivity index (χ0v) is 22.2. The number of amides is 1. The van der Waals surface area contributed by atoms with Gasteiger partial charge in [0.2, 0.25) is 10.0 Å². The molecule has 0 unspecified atom stereocenters. The van der Waals surface area contributed by atoms with Crippen molar-refractivity contribution in [1.82, 2.24) is 19.0 Å². The molecule has 35 heavy (non-hydrogen) atoms. The van der Waals surface area contributed by atoms with E-state index in [2.05, 4.69) is 6.92 Å². The SMILES string of the molecule is CCCCN1C(=O)C(=Cc2cn(-c3ccccc3)nc2-c2ccc(S(=O)(=O)N(C)C)cc2)SC1=S. The number of aromatic nitrogens is 2. The molecule has 0 atom stereocenters. The van der Waals surface area contributed by atoms with Crippen molar-refractivity contribution >= 4 is 50.3 Å². The zero-order chi connectivity index (χ0) is 25.2. The van der Waals surface area contributed by atoms with E-state index in [4.69, 9.17) is 17.3 Å². The van der Waals surface area contributed by atoms with Gasteiger partial charge < -0.3 is 0 Å². The number of carbonyl (C=O) groups is 1. The van der Waals surface area contributed by atoms with Gasteiger partial charge in [0.25, 0.3) is 5.91 Å². The highest BCUT2D eigenvalue weighted by molar-refractivity contribution is 8.26. The summed E-state index contributed by atoms with van der Waals surface area (Å²) in [5, 5.41) is 4.78. The largest absolute Gasteiger partial charge is 0.293 e. The number of thiocarbonyl (C=S) groups is 1. The summed E-state index contributed by atoms with van der Waals surface area (Å²) < 4.78 is 28.4. The molecule has 0 spiro atoms. The Bertz CT molecular complexity index is 1380. The molecule has 7 nitrogen and oxygen atoms in total. The van der Waals surface area contributed by atoms with Crippen LogP contribution in [-0.4, -0.2) is 58.3 Å². The highest BCUT2D eigenvalue weighted by atomic mass is 32.2. The highest BCUT2D eigenvalue weighted by Crippen LogP contribution is 2.35. The average Bonchev–Trinajstić information content (AvgIpc) is 3.39. The molecule has 182 valence electrons. The lowest BCUT2D eigenvalue weighted by Crippen LogP contribution is -2.28. The molecule has 2 aromatic carbocycles. The molecule has 1 aliphatic rings. The van der Waals surface area contributed by atoms with Gasteiger partial charge in [0.15, 0.2) is 0 Å². The van der Waals surface area contributed by atoms with Crippen LogP contribution in [0.2, 0.25) is 0 Å². The molecule has 0 radical (unpaired) electrons. The summed E-state index contributed by atoms with van der Waals surface area (Å²) in [5.41, 5.74) is 3.00. The Labute approximate surface area is 215 Å². The van der Waals surface area contributed by atoms with Crippen LogP contribution in [-0.2, 0) is 14.8 Å². The summed E-state index contributed by atoms with van der Waals surface area (Å²) in [6.07, 6.45) is 5.55. The Morgan fingerprint density at radius 2 is 1.77 bits per heavy atom. The van der Waals surface area contributed by atoms with E-state index in [-0.39, 0.29) is 10.8 Å². The predicted octanol–water partition coefficient (Wildman–Crippen LogP) is 4.79. The second-order valence-corrected chi connectivity index (χ2v) is 12.0. The maximum atomic E-state index is 13.0. The van der Waals surface area contributed by atoms with Crippen LogP contribution < -0.4 is 0 Å². The second-order valence-electron chi connectivity index (χ2n) is 8.21. The Kier molecular flexibility index (Phi) is 7.56. The number of para-hydroxylation sites is 1. The molecule has 0 saturated carbocycles. The first-order chi connectivity index (χ1) is 16.7. The van der Waals surface area contributed by atoms with Gasteiger partial charge >= 0.3 is 0 Å². The van der Waals surface area contributed by atoms with E-state index in [9.17, 15) is 13.2 Å². The zero-order valence-electron chi connectivity index (χ0n) is 19.7. The van der Waals surface area contributed by atoms with E-state index >= 15 is 0 Å². The fourth-order valence-electron chi connectivity index (χ4n) is 3.58. The van der Waals surface area contributed by atoms with Gasteiger partial charge in [-0.1, -0.05) is 67.7 Å². The number of thioether (sulfide) groups is 1. The quantitative estimate of drug-likeness (QED) is 0.310. The standard InChI is InChI=1S/C25H26N4O3S3/c1-4-5-15-28-24(30)22(34-25(28)33)16-19-17-29(20-9-7-6-8-10-20)26-23(19)18-11-13-21(14-12-18)35(31,32)27(2)3/h6-14,16-17H,4-5,15H2,1-3H3. The van der Waals surface area contributed by atoms with Crippen molar-refractivity contribution in [3.63, 3.8) is 0 Å². The Morgan fingerprint density at radius 1 is 1.09 bits per heavy atom. The number of unbranched alkanes of at least 4 members (excludes halogenated alkanes) is 1. The van der Waals surface area contributed by atoms with Crippen molar-refractivity contribution in [2.24, 2.45) is 0 Å². The molecule has 1 saturated heterocycles. The maximum absolute atomic E-state index is 13.0. The first kappa shape index (κ1) is 25.3. The number of carbonyl (C=O) groups excluding carboxylic acids is 1. The molecule has 0 N–H and O–H groups in total. The molecule has 0 bridgehead atoms. The van der Waals surface area contributed by atoms with E-state index in [1.807, 2.05) is 42.6 Å². The van der Waals surface area contributed by atoms with Crippen LogP contribution in [0.3, 0.4) is 0 Å². The minimum Gasteiger partial charge on any atom is -0.293 e. The lowest BCUT2D eigenvalue weighted by atomic mass is 10.1. The van der Waals surface area contributed by atoms with Gasteiger partial charge in [-0.3, -0.25) is 9.69 Å². The van der Waals surface area contributed by atoms with Crippen molar-refractivity contribution in [3.8, 4) is 16.9 Å². The van der Waals surface area contributed by atoms with Gasteiger partial charge in [0.05, 0.1) is 21.2 Å². The molecule has 10 heteroatoms. The predicted molar refractivity (Wildman–Crippen MR) is 145 cm³/mol. The molecule has 4 rings (SSSR count). The van der Waals surface area contributed by atoms with Crippen molar-refractivity contribution in [1.29, 1.82) is 0 Å². The van der Waals surface area contributed by atoms with Gasteiger partial charge in [-0.15, -0.1) is 0 Å². The smallest absolute Gasteiger partial charge is 0.266 e. The summed E-state index contributed by atoms with van der Waals surface area (Å²) in [4.78, 5) is 15.4. The number of sulfonamides is 1. The number of hydrogen-bond donors (Lipinski definition) is 0. The molecule has 2 heterocycles. The van der Waals surface area contributed by atoms with E-state index in [0.717, 1.165) is 29.7 Å². The van der Waals surface area contributed by atoms with Crippen molar-refractivity contribution < 1.29 is 13.2 Å². The van der Waals surface area contributed by atoms with Crippen LogP contribution in [0.15, 0.2) is 70.6 Å². The topological polar surface area (TPSA) is 75.5 Å². The Balaban J connectivity index is 1.77. The van der Waals surface area contributed by atoms with E-state index in [0.29, 0.717) is 21.5 Å². The number of nitrogens with zero attached hydrogens (tertiary/aromatic N) is 4. The normalized spacial score (nSPS) is 15.5. The van der Waals surface area contributed by atoms with E-state index in [1.165, 1.54) is 30.2 Å². The third-order valence-corrected chi connectivity index (χ3v) is 8.77. The average molecular weight is 527 g/mol. The van der Waals surface area contributed by atoms with Gasteiger partial charge in [-0.05, 0) is 36.8 Å². The van der Waals surface area contributed by atoms with Gasteiger partial charge in [0.1, 0.15) is 4.32 Å². The number of rotatable bonds is 8. The first-order valence-corrected chi connectivity index (χ1v) is 13.8. The molecule has 0 aliphatic carbocycles. The lowest BCUT2D eigenvalue weighted by molar-refractivity contribution is -0.122. The van der Waals surface area contributed by atoms with Gasteiger partial charge in [0, 0.05) is 38.0 Å². The van der Waals surface area contributed by atoms with Crippen molar-refractivity contribution in [2.45, 2.75) is 24.7 Å². The summed E-state index contributed by atoms with van der Waals surface area (Å²) in [6, 6.07) is 16.3. The van der Waals surface area contributed by atoms with Crippen LogP contribution in [0.25, 0.3) is 23.0 Å². The Morgan fingerprint density at radius 3 is 2.40 bits per heavy atom. The van der Waals surface area contributed by atoms with E-state index in [1.54, 1.807) is 33.8 Å². The summed E-state index contributed by atoms with van der Waals surface area (Å²) in [6.45, 7) is 2.68. The second kappa shape index (κ2) is 10.4. The van der Waals surface area contributed by atoms with Crippen molar-refractivity contribution in [3.05, 3.63) is 71.3 Å². The molecule has 3 aromatic rings. The molecule has 1 aliphatic heterocycles. The molecular weight excluding hydrogens is 501 g/mol. The lowest BCUT2D eigenvalue weighted by Gasteiger charge is -2.13. The summed E-state index contributed by atoms with van der Waals surface area (Å²) >= 11 is 6.74. The Hall–Kier alpha value is -2.79. The molecule has 1 aromatic heterocycles. The minimum atomic E-state index is -3.54. The fourth-order valence-corrected chi connectivity index (χ4v) is 5.78. The van der Waals surface area contributed by atoms with Crippen LogP contribution in [0, 0.1) is 0 Å². The van der Waals surface area contributed by atoms with Crippen LogP contribution in [0.1, 0.15) is 25.3 Å². The van der Waals surface area contributed by atoms with Crippen LogP contribution in [0.5, 0.6) is 0 Å². The third kappa shape index (κ3) is 5.25. The van der Waals surface area contributed by atoms with Crippen LogP contribution in [0.4, 0.5) is 0 Å². The molecule has 1 fully saturated rings. The molecular formula is C25H26N4O3S3. The van der Waals surface area contributed by atoms with E-state index < -0.39 is 10.0 Å². The maximum Gasteiger partial charge on any atom is 0.266 e. The molecule has 1 amide bonds. The van der Waals surface area contributed by atoms with Crippen LogP contribution >= 0.6 is 24.0 Å². The minimum absolute atomic E-state index is 0.0979. The number of benzene rings is 2. The fraction of sp³-hybridized carbons (Fsp3) is 0.240. The summed E-state index contributed by atoms with van der Waals surface area (Å²) in [7, 11) is -0.543. The van der Waals surface area contributed by atoms with Gasteiger partial charge in [-0.25, -0.2) is 17.4 Å². The third-order valence-electron chi connectivity index (χ3n) is 5.57.